The summed E-state index contributed by atoms with van der Waals surface area (Å²) in [6.45, 7) is 9.52. The Balaban J connectivity index is 3.64. The lowest BCUT2D eigenvalue weighted by Gasteiger charge is -2.23. The number of rotatable bonds is 15. The van der Waals surface area contributed by atoms with E-state index in [1.807, 2.05) is 0 Å². The molecule has 2 N–H and O–H groups in total. The maximum atomic E-state index is 10.9. The average Bonchev–Trinajstić information content (AvgIpc) is 2.39. The monoisotopic (exact) mass is 390 g/mol. The zero-order valence-corrected chi connectivity index (χ0v) is 16.5. The summed E-state index contributed by atoms with van der Waals surface area (Å²) in [4.78, 5) is 0. The van der Waals surface area contributed by atoms with E-state index < -0.39 is 15.5 Å². The van der Waals surface area contributed by atoms with Gasteiger partial charge in [0.05, 0.1) is 19.0 Å². The summed E-state index contributed by atoms with van der Waals surface area (Å²) < 4.78 is 45.9. The summed E-state index contributed by atoms with van der Waals surface area (Å²) in [7, 11) is -3.97. The first-order chi connectivity index (χ1) is 11.0. The Kier molecular flexibility index (Phi) is 11.7. The fraction of sp³-hybridized carbons (Fsp3) is 1.00. The summed E-state index contributed by atoms with van der Waals surface area (Å²) in [5, 5.41) is 11.6. The van der Waals surface area contributed by atoms with E-state index in [1.165, 1.54) is 0 Å². The van der Waals surface area contributed by atoms with Crippen LogP contribution in [0.5, 0.6) is 0 Å². The van der Waals surface area contributed by atoms with Crippen molar-refractivity contribution in [3.05, 3.63) is 0 Å². The molecule has 0 bridgehead atoms. The molecule has 0 fully saturated rings. The highest BCUT2D eigenvalue weighted by atomic mass is 32.2. The molecule has 0 aromatic carbocycles. The van der Waals surface area contributed by atoms with Gasteiger partial charge >= 0.3 is 0 Å². The minimum atomic E-state index is -3.97. The molecule has 8 nitrogen and oxygen atoms in total. The van der Waals surface area contributed by atoms with E-state index in [1.54, 1.807) is 13.8 Å². The summed E-state index contributed by atoms with van der Waals surface area (Å²) in [5.41, 5.74) is -0.555. The highest BCUT2D eigenvalue weighted by molar-refractivity contribution is 7.94. The molecule has 0 rings (SSSR count). The summed E-state index contributed by atoms with van der Waals surface area (Å²) in [6, 6.07) is 0. The van der Waals surface area contributed by atoms with Crippen molar-refractivity contribution in [2.75, 3.05) is 37.9 Å². The third-order valence-corrected chi connectivity index (χ3v) is 5.52. The van der Waals surface area contributed by atoms with E-state index in [2.05, 4.69) is 23.2 Å². The van der Waals surface area contributed by atoms with Crippen molar-refractivity contribution >= 4 is 22.2 Å². The maximum absolute atomic E-state index is 10.9. The topological polar surface area (TPSA) is 112 Å². The lowest BCUT2D eigenvalue weighted by molar-refractivity contribution is -0.432. The largest absolute Gasteiger partial charge is 0.379 e. The molecular formula is C14H30O8S2. The van der Waals surface area contributed by atoms with Crippen molar-refractivity contribution in [2.45, 2.75) is 40.5 Å². The Hall–Kier alpha value is 0.0600. The van der Waals surface area contributed by atoms with Crippen molar-refractivity contribution in [1.29, 1.82) is 0 Å². The predicted octanol–water partition coefficient (Wildman–Crippen LogP) is 2.81. The molecular weight excluding hydrogens is 360 g/mol. The molecule has 0 unspecified atom stereocenters. The standard InChI is InChI=1S/C14H30O8S2/c1-13(2,11-23-22-21-15)5-7-19-9-10-20-8-6-14(3,4)12-24(16,17)18/h15H,5-12H2,1-4H3,(H,16,17,18). The van der Waals surface area contributed by atoms with Crippen LogP contribution in [-0.2, 0) is 29.0 Å². The zero-order chi connectivity index (χ0) is 18.7. The number of hydrogen-bond donors (Lipinski definition) is 2. The first kappa shape index (κ1) is 24.1. The Labute approximate surface area is 149 Å². The van der Waals surface area contributed by atoms with Crippen molar-refractivity contribution in [1.82, 2.24) is 0 Å². The summed E-state index contributed by atoms with van der Waals surface area (Å²) >= 11 is 1.03. The normalized spacial score (nSPS) is 13.4. The van der Waals surface area contributed by atoms with Crippen LogP contribution in [0.1, 0.15) is 40.5 Å². The Morgan fingerprint density at radius 3 is 1.88 bits per heavy atom. The van der Waals surface area contributed by atoms with Crippen LogP contribution in [0.25, 0.3) is 0 Å². The van der Waals surface area contributed by atoms with Crippen LogP contribution in [0.2, 0.25) is 0 Å². The second kappa shape index (κ2) is 11.6. The van der Waals surface area contributed by atoms with Crippen LogP contribution >= 0.6 is 12.0 Å². The van der Waals surface area contributed by atoms with E-state index >= 15 is 0 Å². The minimum absolute atomic E-state index is 0.0239. The van der Waals surface area contributed by atoms with Gasteiger partial charge in [0.1, 0.15) is 0 Å². The molecule has 0 aliphatic carbocycles. The Morgan fingerprint density at radius 1 is 0.917 bits per heavy atom. The third-order valence-electron chi connectivity index (χ3n) is 3.32. The molecule has 0 saturated carbocycles. The number of ether oxygens (including phenoxy) is 2. The van der Waals surface area contributed by atoms with Gasteiger partial charge < -0.3 is 9.47 Å². The van der Waals surface area contributed by atoms with Crippen LogP contribution in [0.3, 0.4) is 0 Å². The second-order valence-electron chi connectivity index (χ2n) is 7.18. The van der Waals surface area contributed by atoms with E-state index in [-0.39, 0.29) is 11.2 Å². The van der Waals surface area contributed by atoms with Crippen molar-refractivity contribution < 1.29 is 37.1 Å². The van der Waals surface area contributed by atoms with Gasteiger partial charge in [-0.1, -0.05) is 32.7 Å². The fourth-order valence-electron chi connectivity index (χ4n) is 1.86. The molecule has 0 aliphatic heterocycles. The van der Waals surface area contributed by atoms with Crippen LogP contribution in [0, 0.1) is 10.8 Å². The molecule has 0 spiro atoms. The van der Waals surface area contributed by atoms with Gasteiger partial charge in [0.25, 0.3) is 10.1 Å². The number of hydrogen-bond acceptors (Lipinski definition) is 8. The molecule has 0 saturated heterocycles. The molecule has 146 valence electrons. The molecule has 0 aromatic heterocycles. The van der Waals surface area contributed by atoms with Gasteiger partial charge in [-0.3, -0.25) is 4.55 Å². The van der Waals surface area contributed by atoms with Gasteiger partial charge in [0.2, 0.25) is 0 Å². The van der Waals surface area contributed by atoms with Crippen molar-refractivity contribution in [3.63, 3.8) is 0 Å². The van der Waals surface area contributed by atoms with Gasteiger partial charge in [-0.05, 0) is 23.7 Å². The van der Waals surface area contributed by atoms with E-state index in [9.17, 15) is 8.42 Å². The summed E-state index contributed by atoms with van der Waals surface area (Å²) in [6.07, 6.45) is 1.35. The molecule has 10 heteroatoms. The molecule has 0 heterocycles. The Bertz CT molecular complexity index is 422. The zero-order valence-electron chi connectivity index (χ0n) is 14.8. The highest BCUT2D eigenvalue weighted by Crippen LogP contribution is 2.26. The summed E-state index contributed by atoms with van der Waals surface area (Å²) in [5.74, 6) is 0.369. The van der Waals surface area contributed by atoms with Crippen LogP contribution in [0.4, 0.5) is 0 Å². The molecule has 0 aliphatic rings. The average molecular weight is 391 g/mol. The first-order valence-corrected chi connectivity index (χ1v) is 10.2. The lowest BCUT2D eigenvalue weighted by atomic mass is 9.92. The van der Waals surface area contributed by atoms with Gasteiger partial charge in [-0.25, -0.2) is 5.26 Å². The predicted molar refractivity (Wildman–Crippen MR) is 92.1 cm³/mol. The van der Waals surface area contributed by atoms with E-state index in [0.717, 1.165) is 18.5 Å². The second-order valence-corrected chi connectivity index (χ2v) is 9.30. The third kappa shape index (κ3) is 15.6. The minimum Gasteiger partial charge on any atom is -0.379 e. The van der Waals surface area contributed by atoms with Crippen molar-refractivity contribution in [2.24, 2.45) is 10.8 Å². The smallest absolute Gasteiger partial charge is 0.265 e. The van der Waals surface area contributed by atoms with Gasteiger partial charge in [0.15, 0.2) is 0 Å². The maximum Gasteiger partial charge on any atom is 0.265 e. The van der Waals surface area contributed by atoms with Crippen molar-refractivity contribution in [3.8, 4) is 0 Å². The highest BCUT2D eigenvalue weighted by Gasteiger charge is 2.24. The lowest BCUT2D eigenvalue weighted by Crippen LogP contribution is -2.25. The van der Waals surface area contributed by atoms with E-state index in [4.69, 9.17) is 19.3 Å². The van der Waals surface area contributed by atoms with Crippen LogP contribution in [-0.4, -0.2) is 56.2 Å². The first-order valence-electron chi connectivity index (χ1n) is 7.68. The quantitative estimate of drug-likeness (QED) is 0.143. The van der Waals surface area contributed by atoms with Crippen LogP contribution in [0.15, 0.2) is 0 Å². The van der Waals surface area contributed by atoms with Gasteiger partial charge in [-0.2, -0.15) is 8.42 Å². The van der Waals surface area contributed by atoms with Crippen LogP contribution < -0.4 is 0 Å². The molecule has 0 radical (unpaired) electrons. The van der Waals surface area contributed by atoms with Gasteiger partial charge in [0, 0.05) is 31.0 Å². The fourth-order valence-corrected chi connectivity index (χ4v) is 3.55. The molecule has 0 aromatic rings. The molecule has 0 atom stereocenters. The Morgan fingerprint density at radius 2 is 1.42 bits per heavy atom. The van der Waals surface area contributed by atoms with E-state index in [0.29, 0.717) is 38.6 Å². The SMILES string of the molecule is CC(C)(CCOCCOCCC(C)(C)CS(=O)(=O)O)CSOOO. The molecule has 0 amide bonds. The molecule has 24 heavy (non-hydrogen) atoms. The van der Waals surface area contributed by atoms with Gasteiger partial charge in [-0.15, -0.1) is 4.33 Å².